The van der Waals surface area contributed by atoms with Gasteiger partial charge in [-0.2, -0.15) is 0 Å². The van der Waals surface area contributed by atoms with Crippen molar-refractivity contribution in [2.24, 2.45) is 10.8 Å². The second-order valence-corrected chi connectivity index (χ2v) is 6.77. The van der Waals surface area contributed by atoms with E-state index in [2.05, 4.69) is 0 Å². The van der Waals surface area contributed by atoms with Crippen molar-refractivity contribution in [3.63, 3.8) is 0 Å². The van der Waals surface area contributed by atoms with Crippen molar-refractivity contribution < 1.29 is 19.1 Å². The summed E-state index contributed by atoms with van der Waals surface area (Å²) in [6, 6.07) is 6.27. The quantitative estimate of drug-likeness (QED) is 0.478. The molecule has 1 aromatic carbocycles. The summed E-state index contributed by atoms with van der Waals surface area (Å²) < 4.78 is 5.29. The molecule has 5 heteroatoms. The molecule has 0 aliphatic carbocycles. The van der Waals surface area contributed by atoms with Crippen LogP contribution in [0.15, 0.2) is 24.3 Å². The first kappa shape index (κ1) is 15.7. The summed E-state index contributed by atoms with van der Waals surface area (Å²) in [7, 11) is 0. The molecular formula is C16H17ClO4. The second kappa shape index (κ2) is 4.95. The first-order chi connectivity index (χ1) is 9.58. The lowest BCUT2D eigenvalue weighted by atomic mass is 9.67. The molecule has 1 heterocycles. The predicted octanol–water partition coefficient (Wildman–Crippen LogP) is 3.07. The van der Waals surface area contributed by atoms with Gasteiger partial charge in [-0.1, -0.05) is 11.6 Å². The number of esters is 1. The summed E-state index contributed by atoms with van der Waals surface area (Å²) in [4.78, 5) is 37.1. The number of rotatable bonds is 2. The zero-order valence-corrected chi connectivity index (χ0v) is 13.2. The van der Waals surface area contributed by atoms with E-state index in [1.54, 1.807) is 38.1 Å². The summed E-state index contributed by atoms with van der Waals surface area (Å²) in [6.07, 6.45) is -1.12. The fourth-order valence-corrected chi connectivity index (χ4v) is 2.69. The number of Topliss-reactive ketones (excluding diaryl/α,β-unsaturated/α-hetero) is 2. The first-order valence-corrected chi connectivity index (χ1v) is 7.02. The van der Waals surface area contributed by atoms with Crippen LogP contribution in [0.5, 0.6) is 0 Å². The molecule has 0 amide bonds. The molecule has 1 aliphatic rings. The van der Waals surface area contributed by atoms with Gasteiger partial charge in [0.25, 0.3) is 0 Å². The maximum atomic E-state index is 12.6. The van der Waals surface area contributed by atoms with Gasteiger partial charge in [-0.05, 0) is 52.0 Å². The van der Waals surface area contributed by atoms with E-state index < -0.39 is 28.7 Å². The van der Waals surface area contributed by atoms with Crippen LogP contribution in [0.3, 0.4) is 0 Å². The van der Waals surface area contributed by atoms with E-state index in [-0.39, 0.29) is 5.78 Å². The fraction of sp³-hybridized carbons (Fsp3) is 0.438. The smallest absolute Gasteiger partial charge is 0.319 e. The van der Waals surface area contributed by atoms with Crippen LogP contribution >= 0.6 is 11.6 Å². The molecule has 0 radical (unpaired) electrons. The van der Waals surface area contributed by atoms with Crippen molar-refractivity contribution in [1.29, 1.82) is 0 Å². The molecule has 112 valence electrons. The first-order valence-electron chi connectivity index (χ1n) is 6.64. The molecular weight excluding hydrogens is 292 g/mol. The third-order valence-electron chi connectivity index (χ3n) is 3.91. The topological polar surface area (TPSA) is 60.4 Å². The zero-order valence-electron chi connectivity index (χ0n) is 12.4. The Morgan fingerprint density at radius 1 is 1.10 bits per heavy atom. The van der Waals surface area contributed by atoms with Crippen molar-refractivity contribution in [2.75, 3.05) is 0 Å². The summed E-state index contributed by atoms with van der Waals surface area (Å²) in [5.41, 5.74) is -1.95. The second-order valence-electron chi connectivity index (χ2n) is 6.33. The minimum Gasteiger partial charge on any atom is -0.452 e. The monoisotopic (exact) mass is 308 g/mol. The van der Waals surface area contributed by atoms with Crippen molar-refractivity contribution in [2.45, 2.75) is 33.8 Å². The van der Waals surface area contributed by atoms with Crippen LogP contribution in [0.2, 0.25) is 5.02 Å². The molecule has 1 aliphatic heterocycles. The van der Waals surface area contributed by atoms with Crippen LogP contribution in [0.25, 0.3) is 0 Å². The maximum Gasteiger partial charge on any atom is 0.319 e. The van der Waals surface area contributed by atoms with Crippen molar-refractivity contribution in [3.8, 4) is 0 Å². The van der Waals surface area contributed by atoms with Gasteiger partial charge in [0, 0.05) is 10.6 Å². The Bertz CT molecular complexity index is 614. The number of ketones is 2. The third-order valence-corrected chi connectivity index (χ3v) is 4.16. The summed E-state index contributed by atoms with van der Waals surface area (Å²) in [5.74, 6) is -1.36. The molecule has 2 rings (SSSR count). The minimum absolute atomic E-state index is 0.293. The van der Waals surface area contributed by atoms with E-state index in [0.29, 0.717) is 10.6 Å². The number of hydrogen-bond donors (Lipinski definition) is 0. The van der Waals surface area contributed by atoms with E-state index in [4.69, 9.17) is 16.3 Å². The van der Waals surface area contributed by atoms with E-state index in [1.165, 1.54) is 13.8 Å². The molecule has 1 atom stereocenters. The lowest BCUT2D eigenvalue weighted by Crippen LogP contribution is -2.58. The average Bonchev–Trinajstić information content (AvgIpc) is 2.42. The highest BCUT2D eigenvalue weighted by atomic mass is 35.5. The molecule has 0 saturated carbocycles. The van der Waals surface area contributed by atoms with E-state index >= 15 is 0 Å². The number of carbonyl (C=O) groups is 3. The molecule has 0 aromatic heterocycles. The Hall–Kier alpha value is -1.68. The molecule has 0 N–H and O–H groups in total. The summed E-state index contributed by atoms with van der Waals surface area (Å²) in [6.45, 7) is 6.29. The average molecular weight is 309 g/mol. The number of hydrogen-bond acceptors (Lipinski definition) is 4. The highest BCUT2D eigenvalue weighted by Gasteiger charge is 2.57. The van der Waals surface area contributed by atoms with Crippen LogP contribution in [0, 0.1) is 10.8 Å². The number of carbonyl (C=O) groups excluding carboxylic acids is 3. The van der Waals surface area contributed by atoms with Gasteiger partial charge in [-0.25, -0.2) is 0 Å². The molecule has 0 spiro atoms. The van der Waals surface area contributed by atoms with Gasteiger partial charge in [0.2, 0.25) is 5.78 Å². The lowest BCUT2D eigenvalue weighted by Gasteiger charge is -2.42. The Kier molecular flexibility index (Phi) is 3.70. The van der Waals surface area contributed by atoms with Crippen LogP contribution in [0.1, 0.15) is 38.1 Å². The van der Waals surface area contributed by atoms with Gasteiger partial charge in [-0.3, -0.25) is 14.4 Å². The summed E-state index contributed by atoms with van der Waals surface area (Å²) in [5, 5.41) is 0.503. The number of cyclic esters (lactones) is 1. The van der Waals surface area contributed by atoms with Crippen LogP contribution in [-0.4, -0.2) is 23.6 Å². The van der Waals surface area contributed by atoms with Crippen LogP contribution in [0.4, 0.5) is 0 Å². The number of ether oxygens (including phenoxy) is 1. The van der Waals surface area contributed by atoms with Crippen molar-refractivity contribution >= 4 is 29.1 Å². The highest BCUT2D eigenvalue weighted by Crippen LogP contribution is 2.41. The molecule has 0 unspecified atom stereocenters. The Morgan fingerprint density at radius 3 is 2.14 bits per heavy atom. The largest absolute Gasteiger partial charge is 0.452 e. The number of halogens is 1. The molecule has 21 heavy (non-hydrogen) atoms. The van der Waals surface area contributed by atoms with Gasteiger partial charge < -0.3 is 4.74 Å². The minimum atomic E-state index is -1.24. The Labute approximate surface area is 128 Å². The normalized spacial score (nSPS) is 23.6. The highest BCUT2D eigenvalue weighted by molar-refractivity contribution is 6.30. The molecule has 1 saturated heterocycles. The summed E-state index contributed by atoms with van der Waals surface area (Å²) >= 11 is 5.79. The molecule has 1 fully saturated rings. The predicted molar refractivity (Wildman–Crippen MR) is 78.2 cm³/mol. The Morgan fingerprint density at radius 2 is 1.62 bits per heavy atom. The zero-order chi connectivity index (χ0) is 16.0. The fourth-order valence-electron chi connectivity index (χ4n) is 2.57. The van der Waals surface area contributed by atoms with Gasteiger partial charge in [0.1, 0.15) is 5.41 Å². The third kappa shape index (κ3) is 2.48. The maximum absolute atomic E-state index is 12.6. The molecule has 1 aromatic rings. The van der Waals surface area contributed by atoms with Gasteiger partial charge >= 0.3 is 5.97 Å². The van der Waals surface area contributed by atoms with Gasteiger partial charge in [0.15, 0.2) is 11.9 Å². The van der Waals surface area contributed by atoms with Crippen LogP contribution < -0.4 is 0 Å². The van der Waals surface area contributed by atoms with Crippen molar-refractivity contribution in [3.05, 3.63) is 34.9 Å². The Balaban J connectivity index is 2.39. The van der Waals surface area contributed by atoms with E-state index in [9.17, 15) is 14.4 Å². The molecule has 4 nitrogen and oxygen atoms in total. The van der Waals surface area contributed by atoms with E-state index in [0.717, 1.165) is 0 Å². The number of benzene rings is 1. The van der Waals surface area contributed by atoms with Crippen LogP contribution in [-0.2, 0) is 14.3 Å². The van der Waals surface area contributed by atoms with E-state index in [1.807, 2.05) is 0 Å². The lowest BCUT2D eigenvalue weighted by molar-refractivity contribution is -0.181. The van der Waals surface area contributed by atoms with Gasteiger partial charge in [-0.15, -0.1) is 0 Å². The standard InChI is InChI=1S/C16H17ClO4/c1-15(2)12(21-14(20)16(3,4)13(15)19)11(18)9-5-7-10(17)8-6-9/h5-8,12H,1-4H3/t12-/m0/s1. The van der Waals surface area contributed by atoms with Crippen molar-refractivity contribution in [1.82, 2.24) is 0 Å². The van der Waals surface area contributed by atoms with Gasteiger partial charge in [0.05, 0.1) is 5.41 Å². The SMILES string of the molecule is CC1(C)C(=O)O[C@@H](C(=O)c2ccc(Cl)cc2)C(C)(C)C1=O. The molecule has 0 bridgehead atoms.